The number of hydrogen-bond acceptors (Lipinski definition) is 5. The van der Waals surface area contributed by atoms with Gasteiger partial charge in [0, 0.05) is 10.6 Å². The summed E-state index contributed by atoms with van der Waals surface area (Å²) >= 11 is 6.59. The Kier molecular flexibility index (Phi) is 4.32. The maximum atomic E-state index is 12.1. The first kappa shape index (κ1) is 15.5. The van der Waals surface area contributed by atoms with Crippen LogP contribution in [0, 0.1) is 18.3 Å². The highest BCUT2D eigenvalue weighted by Gasteiger charge is 2.21. The Morgan fingerprint density at radius 1 is 1.33 bits per heavy atom. The molecule has 8 heteroatoms. The summed E-state index contributed by atoms with van der Waals surface area (Å²) in [6.45, 7) is 1.66. The van der Waals surface area contributed by atoms with Crippen LogP contribution in [0.25, 0.3) is 0 Å². The SMILES string of the molecule is Cc1cc(Cl)ccc1C(=O)NS(=O)(=O)c1ccc(C#N)s1. The number of nitrogens with zero attached hydrogens (tertiary/aromatic N) is 1. The van der Waals surface area contributed by atoms with E-state index in [0.717, 1.165) is 11.3 Å². The van der Waals surface area contributed by atoms with E-state index in [1.54, 1.807) is 13.0 Å². The molecule has 0 spiro atoms. The molecule has 2 rings (SSSR count). The molecule has 0 atom stereocenters. The van der Waals surface area contributed by atoms with E-state index in [4.69, 9.17) is 16.9 Å². The molecule has 0 fully saturated rings. The molecule has 0 saturated heterocycles. The number of aryl methyl sites for hydroxylation is 1. The maximum Gasteiger partial charge on any atom is 0.273 e. The number of carbonyl (C=O) groups excluding carboxylic acids is 1. The molecule has 108 valence electrons. The van der Waals surface area contributed by atoms with Crippen LogP contribution in [0.4, 0.5) is 0 Å². The third-order valence-electron chi connectivity index (χ3n) is 2.62. The Morgan fingerprint density at radius 2 is 2.05 bits per heavy atom. The highest BCUT2D eigenvalue weighted by molar-refractivity contribution is 7.92. The van der Waals surface area contributed by atoms with Crippen molar-refractivity contribution in [1.29, 1.82) is 5.26 Å². The Bertz CT molecular complexity index is 851. The number of hydrogen-bond donors (Lipinski definition) is 1. The van der Waals surface area contributed by atoms with Gasteiger partial charge in [-0.2, -0.15) is 5.26 Å². The van der Waals surface area contributed by atoms with Gasteiger partial charge in [-0.15, -0.1) is 11.3 Å². The molecule has 1 aromatic carbocycles. The first-order valence-electron chi connectivity index (χ1n) is 5.67. The number of thiophene rings is 1. The summed E-state index contributed by atoms with van der Waals surface area (Å²) < 4.78 is 26.0. The molecule has 0 aliphatic carbocycles. The molecule has 2 aromatic rings. The lowest BCUT2D eigenvalue weighted by Gasteiger charge is -2.07. The first-order chi connectivity index (χ1) is 9.83. The summed E-state index contributed by atoms with van der Waals surface area (Å²) in [5, 5.41) is 9.17. The number of nitrogens with one attached hydrogen (secondary N) is 1. The lowest BCUT2D eigenvalue weighted by molar-refractivity contribution is 0.0981. The number of amides is 1. The quantitative estimate of drug-likeness (QED) is 0.930. The lowest BCUT2D eigenvalue weighted by atomic mass is 10.1. The predicted octanol–water partition coefficient (Wildman–Crippen LogP) is 2.70. The summed E-state index contributed by atoms with van der Waals surface area (Å²) in [5.74, 6) is -0.740. The monoisotopic (exact) mass is 340 g/mol. The van der Waals surface area contributed by atoms with E-state index < -0.39 is 15.9 Å². The standard InChI is InChI=1S/C13H9ClN2O3S2/c1-8-6-9(14)2-4-11(8)13(17)16-21(18,19)12-5-3-10(7-15)20-12/h2-6H,1H3,(H,16,17). The first-order valence-corrected chi connectivity index (χ1v) is 8.34. The van der Waals surface area contributed by atoms with Crippen LogP contribution in [0.2, 0.25) is 5.02 Å². The van der Waals surface area contributed by atoms with Gasteiger partial charge >= 0.3 is 0 Å². The van der Waals surface area contributed by atoms with Crippen molar-refractivity contribution in [1.82, 2.24) is 4.72 Å². The van der Waals surface area contributed by atoms with E-state index in [1.807, 2.05) is 10.8 Å². The van der Waals surface area contributed by atoms with Crippen molar-refractivity contribution in [2.24, 2.45) is 0 Å². The molecule has 0 saturated carbocycles. The van der Waals surface area contributed by atoms with Crippen LogP contribution in [0.5, 0.6) is 0 Å². The zero-order valence-corrected chi connectivity index (χ0v) is 13.1. The minimum Gasteiger partial charge on any atom is -0.268 e. The van der Waals surface area contributed by atoms with Crippen LogP contribution in [0.1, 0.15) is 20.8 Å². The van der Waals surface area contributed by atoms with Gasteiger partial charge in [0.05, 0.1) is 0 Å². The van der Waals surface area contributed by atoms with Gasteiger partial charge in [0.2, 0.25) is 0 Å². The molecule has 0 unspecified atom stereocenters. The second-order valence-corrected chi connectivity index (χ2v) is 7.55. The van der Waals surface area contributed by atoms with E-state index in [0.29, 0.717) is 10.6 Å². The number of rotatable bonds is 3. The molecule has 0 aliphatic heterocycles. The van der Waals surface area contributed by atoms with Crippen LogP contribution in [-0.4, -0.2) is 14.3 Å². The minimum absolute atomic E-state index is 0.0842. The van der Waals surface area contributed by atoms with E-state index in [-0.39, 0.29) is 14.6 Å². The molecule has 1 N–H and O–H groups in total. The van der Waals surface area contributed by atoms with E-state index in [2.05, 4.69) is 0 Å². The van der Waals surface area contributed by atoms with E-state index in [1.165, 1.54) is 24.3 Å². The van der Waals surface area contributed by atoms with Crippen molar-refractivity contribution >= 4 is 38.9 Å². The van der Waals surface area contributed by atoms with Gasteiger partial charge < -0.3 is 0 Å². The van der Waals surface area contributed by atoms with Gasteiger partial charge in [0.25, 0.3) is 15.9 Å². The molecule has 1 aromatic heterocycles. The molecule has 21 heavy (non-hydrogen) atoms. The third kappa shape index (κ3) is 3.42. The summed E-state index contributed by atoms with van der Waals surface area (Å²) in [6.07, 6.45) is 0. The molecule has 5 nitrogen and oxygen atoms in total. The largest absolute Gasteiger partial charge is 0.273 e. The number of benzene rings is 1. The average molecular weight is 341 g/mol. The highest BCUT2D eigenvalue weighted by atomic mass is 35.5. The van der Waals surface area contributed by atoms with Gasteiger partial charge in [-0.05, 0) is 42.8 Å². The van der Waals surface area contributed by atoms with Crippen molar-refractivity contribution in [2.45, 2.75) is 11.1 Å². The van der Waals surface area contributed by atoms with Crippen molar-refractivity contribution in [3.8, 4) is 6.07 Å². The normalized spacial score (nSPS) is 10.9. The fourth-order valence-corrected chi connectivity index (χ4v) is 3.93. The van der Waals surface area contributed by atoms with Crippen molar-refractivity contribution in [3.05, 3.63) is 51.4 Å². The molecule has 0 bridgehead atoms. The van der Waals surface area contributed by atoms with Gasteiger partial charge in [0.1, 0.15) is 15.2 Å². The second kappa shape index (κ2) is 5.85. The van der Waals surface area contributed by atoms with Crippen LogP contribution >= 0.6 is 22.9 Å². The molecular weight excluding hydrogens is 332 g/mol. The Morgan fingerprint density at radius 3 is 2.62 bits per heavy atom. The molecular formula is C13H9ClN2O3S2. The fourth-order valence-electron chi connectivity index (χ4n) is 1.63. The molecule has 0 aliphatic rings. The van der Waals surface area contributed by atoms with E-state index >= 15 is 0 Å². The number of sulfonamides is 1. The molecule has 1 heterocycles. The van der Waals surface area contributed by atoms with Gasteiger partial charge in [0.15, 0.2) is 0 Å². The minimum atomic E-state index is -3.99. The zero-order chi connectivity index (χ0) is 15.6. The van der Waals surface area contributed by atoms with Crippen molar-refractivity contribution in [3.63, 3.8) is 0 Å². The van der Waals surface area contributed by atoms with Gasteiger partial charge in [-0.1, -0.05) is 11.6 Å². The molecule has 1 amide bonds. The Labute approximate surface area is 130 Å². The van der Waals surface area contributed by atoms with E-state index in [9.17, 15) is 13.2 Å². The summed E-state index contributed by atoms with van der Waals surface area (Å²) in [5.41, 5.74) is 0.791. The number of nitriles is 1. The third-order valence-corrected chi connectivity index (χ3v) is 5.66. The van der Waals surface area contributed by atoms with Crippen LogP contribution < -0.4 is 4.72 Å². The average Bonchev–Trinajstić information content (AvgIpc) is 2.87. The second-order valence-electron chi connectivity index (χ2n) is 4.12. The topological polar surface area (TPSA) is 87.0 Å². The Balaban J connectivity index is 2.28. The molecule has 0 radical (unpaired) electrons. The van der Waals surface area contributed by atoms with Crippen LogP contribution in [0.15, 0.2) is 34.5 Å². The van der Waals surface area contributed by atoms with Gasteiger partial charge in [-0.3, -0.25) is 4.79 Å². The summed E-state index contributed by atoms with van der Waals surface area (Å²) in [4.78, 5) is 12.3. The number of carbonyl (C=O) groups is 1. The lowest BCUT2D eigenvalue weighted by Crippen LogP contribution is -2.30. The smallest absolute Gasteiger partial charge is 0.268 e. The fraction of sp³-hybridized carbons (Fsp3) is 0.0769. The Hall–Kier alpha value is -1.88. The highest BCUT2D eigenvalue weighted by Crippen LogP contribution is 2.21. The zero-order valence-electron chi connectivity index (χ0n) is 10.8. The van der Waals surface area contributed by atoms with Crippen LogP contribution in [-0.2, 0) is 10.0 Å². The van der Waals surface area contributed by atoms with Crippen molar-refractivity contribution < 1.29 is 13.2 Å². The van der Waals surface area contributed by atoms with Gasteiger partial charge in [-0.25, -0.2) is 13.1 Å². The predicted molar refractivity (Wildman–Crippen MR) is 79.9 cm³/mol. The summed E-state index contributed by atoms with van der Waals surface area (Å²) in [7, 11) is -3.99. The van der Waals surface area contributed by atoms with Crippen molar-refractivity contribution in [2.75, 3.05) is 0 Å². The van der Waals surface area contributed by atoms with Crippen LogP contribution in [0.3, 0.4) is 0 Å². The summed E-state index contributed by atoms with van der Waals surface area (Å²) in [6, 6.07) is 9.05. The maximum absolute atomic E-state index is 12.1. The number of halogens is 1.